The first kappa shape index (κ1) is 18.8. The molecule has 0 atom stereocenters. The van der Waals surface area contributed by atoms with Gasteiger partial charge in [0.05, 0.1) is 26.5 Å². The van der Waals surface area contributed by atoms with Crippen LogP contribution in [0.3, 0.4) is 0 Å². The van der Waals surface area contributed by atoms with E-state index in [9.17, 15) is 4.79 Å². The first-order chi connectivity index (χ1) is 14.1. The number of anilines is 2. The molecule has 0 amide bonds. The minimum atomic E-state index is -0.127. The second-order valence-electron chi connectivity index (χ2n) is 6.59. The van der Waals surface area contributed by atoms with Crippen molar-refractivity contribution in [1.29, 1.82) is 0 Å². The molecule has 2 aromatic rings. The average Bonchev–Trinajstić information content (AvgIpc) is 3.24. The molecular formula is C21H23N5O3. The van der Waals surface area contributed by atoms with Crippen molar-refractivity contribution in [3.63, 3.8) is 0 Å². The van der Waals surface area contributed by atoms with Crippen molar-refractivity contribution in [3.05, 3.63) is 53.5 Å². The zero-order valence-electron chi connectivity index (χ0n) is 16.7. The molecule has 2 N–H and O–H groups in total. The number of allylic oxidation sites excluding steroid dienone is 1. The molecule has 8 heteroatoms. The lowest BCUT2D eigenvalue weighted by Crippen LogP contribution is -2.36. The van der Waals surface area contributed by atoms with Gasteiger partial charge in [-0.15, -0.1) is 0 Å². The summed E-state index contributed by atoms with van der Waals surface area (Å²) in [6.45, 7) is 4.14. The highest BCUT2D eigenvalue weighted by molar-refractivity contribution is 6.10. The Morgan fingerprint density at radius 2 is 2.07 bits per heavy atom. The van der Waals surface area contributed by atoms with Crippen molar-refractivity contribution >= 4 is 23.1 Å². The van der Waals surface area contributed by atoms with E-state index < -0.39 is 0 Å². The van der Waals surface area contributed by atoms with Gasteiger partial charge in [0.25, 0.3) is 0 Å². The second-order valence-corrected chi connectivity index (χ2v) is 6.59. The Bertz CT molecular complexity index is 998. The standard InChI is InChI=1S/C21H23N5O3/c1-4-22-19-6-5-13(12-24-19)16(27)11-20-25-15-10-18(29-3)17(28-2)9-14(15)21-23-7-8-26(20)21/h5-6,9-12,25H,4,7-8H2,1-3H3,(H,22,24)/b20-11+. The lowest BCUT2D eigenvalue weighted by molar-refractivity contribution is 0.104. The van der Waals surface area contributed by atoms with Crippen LogP contribution < -0.4 is 20.1 Å². The fourth-order valence-corrected chi connectivity index (χ4v) is 3.43. The molecule has 29 heavy (non-hydrogen) atoms. The Labute approximate surface area is 169 Å². The summed E-state index contributed by atoms with van der Waals surface area (Å²) in [6, 6.07) is 7.34. The van der Waals surface area contributed by atoms with Crippen LogP contribution in [-0.4, -0.2) is 55.4 Å². The Morgan fingerprint density at radius 1 is 1.28 bits per heavy atom. The van der Waals surface area contributed by atoms with Gasteiger partial charge in [0.15, 0.2) is 17.3 Å². The number of methoxy groups -OCH3 is 2. The SMILES string of the molecule is CCNc1ccc(C(=O)/C=C2\Nc3cc(OC)c(OC)cc3C3=NCCN32)cn1. The molecular weight excluding hydrogens is 370 g/mol. The number of benzene rings is 1. The number of rotatable bonds is 6. The number of hydrogen-bond acceptors (Lipinski definition) is 8. The van der Waals surface area contributed by atoms with Crippen LogP contribution in [0.5, 0.6) is 11.5 Å². The zero-order chi connectivity index (χ0) is 20.4. The summed E-state index contributed by atoms with van der Waals surface area (Å²) < 4.78 is 10.8. The molecule has 0 aliphatic carbocycles. The molecule has 1 aromatic carbocycles. The van der Waals surface area contributed by atoms with E-state index in [1.54, 1.807) is 38.6 Å². The number of ether oxygens (including phenoxy) is 2. The van der Waals surface area contributed by atoms with Crippen molar-refractivity contribution in [3.8, 4) is 11.5 Å². The number of carbonyl (C=O) groups is 1. The predicted octanol–water partition coefficient (Wildman–Crippen LogP) is 2.74. The van der Waals surface area contributed by atoms with E-state index in [-0.39, 0.29) is 5.78 Å². The van der Waals surface area contributed by atoms with E-state index in [4.69, 9.17) is 9.47 Å². The maximum Gasteiger partial charge on any atom is 0.191 e. The Morgan fingerprint density at radius 3 is 2.76 bits per heavy atom. The van der Waals surface area contributed by atoms with Crippen LogP contribution in [0, 0.1) is 0 Å². The van der Waals surface area contributed by atoms with Crippen LogP contribution >= 0.6 is 0 Å². The number of aromatic nitrogens is 1. The molecule has 4 rings (SSSR count). The lowest BCUT2D eigenvalue weighted by atomic mass is 10.1. The molecule has 150 valence electrons. The largest absolute Gasteiger partial charge is 0.493 e. The monoisotopic (exact) mass is 393 g/mol. The van der Waals surface area contributed by atoms with Crippen LogP contribution in [0.25, 0.3) is 0 Å². The maximum atomic E-state index is 12.8. The smallest absolute Gasteiger partial charge is 0.191 e. The summed E-state index contributed by atoms with van der Waals surface area (Å²) in [7, 11) is 3.20. The lowest BCUT2D eigenvalue weighted by Gasteiger charge is -2.31. The fraction of sp³-hybridized carbons (Fsp3) is 0.286. The van der Waals surface area contributed by atoms with Gasteiger partial charge in [-0.1, -0.05) is 0 Å². The second kappa shape index (κ2) is 7.83. The van der Waals surface area contributed by atoms with Gasteiger partial charge >= 0.3 is 0 Å². The molecule has 2 aliphatic rings. The molecule has 0 saturated heterocycles. The number of ketones is 1. The van der Waals surface area contributed by atoms with Gasteiger partial charge in [0.2, 0.25) is 0 Å². The molecule has 0 bridgehead atoms. The predicted molar refractivity (Wildman–Crippen MR) is 112 cm³/mol. The quantitative estimate of drug-likeness (QED) is 0.576. The van der Waals surface area contributed by atoms with E-state index in [1.807, 2.05) is 24.0 Å². The Hall–Kier alpha value is -3.55. The number of aliphatic imine (C=N–C) groups is 1. The minimum absolute atomic E-state index is 0.127. The molecule has 8 nitrogen and oxygen atoms in total. The normalized spacial score (nSPS) is 15.9. The highest BCUT2D eigenvalue weighted by atomic mass is 16.5. The van der Waals surface area contributed by atoms with Gasteiger partial charge in [-0.3, -0.25) is 9.79 Å². The number of carbonyl (C=O) groups excluding carboxylic acids is 1. The van der Waals surface area contributed by atoms with Crippen molar-refractivity contribution < 1.29 is 14.3 Å². The van der Waals surface area contributed by atoms with Crippen molar-refractivity contribution in [2.24, 2.45) is 4.99 Å². The van der Waals surface area contributed by atoms with Crippen molar-refractivity contribution in [1.82, 2.24) is 9.88 Å². The van der Waals surface area contributed by atoms with Gasteiger partial charge in [-0.05, 0) is 25.1 Å². The maximum absolute atomic E-state index is 12.8. The van der Waals surface area contributed by atoms with Crippen LogP contribution in [0.2, 0.25) is 0 Å². The van der Waals surface area contributed by atoms with Crippen LogP contribution in [0.4, 0.5) is 11.5 Å². The minimum Gasteiger partial charge on any atom is -0.493 e. The summed E-state index contributed by atoms with van der Waals surface area (Å²) in [6.07, 6.45) is 3.17. The summed E-state index contributed by atoms with van der Waals surface area (Å²) >= 11 is 0. The van der Waals surface area contributed by atoms with Gasteiger partial charge in [0, 0.05) is 42.6 Å². The number of pyridine rings is 1. The molecule has 0 fully saturated rings. The first-order valence-corrected chi connectivity index (χ1v) is 9.46. The van der Waals surface area contributed by atoms with Gasteiger partial charge < -0.3 is 25.0 Å². The molecule has 0 saturated carbocycles. The number of fused-ring (bicyclic) bond motifs is 3. The molecule has 0 radical (unpaired) electrons. The van der Waals surface area contributed by atoms with E-state index in [0.29, 0.717) is 36.0 Å². The molecule has 0 unspecified atom stereocenters. The van der Waals surface area contributed by atoms with Crippen LogP contribution in [0.15, 0.2) is 47.4 Å². The topological polar surface area (TPSA) is 88.1 Å². The number of nitrogens with one attached hydrogen (secondary N) is 2. The Balaban J connectivity index is 1.67. The van der Waals surface area contributed by atoms with E-state index in [2.05, 4.69) is 20.6 Å². The first-order valence-electron chi connectivity index (χ1n) is 9.46. The number of amidine groups is 1. The third-order valence-corrected chi connectivity index (χ3v) is 4.83. The fourth-order valence-electron chi connectivity index (χ4n) is 3.43. The van der Waals surface area contributed by atoms with E-state index >= 15 is 0 Å². The van der Waals surface area contributed by atoms with Crippen molar-refractivity contribution in [2.45, 2.75) is 6.92 Å². The zero-order valence-corrected chi connectivity index (χ0v) is 16.7. The van der Waals surface area contributed by atoms with E-state index in [0.717, 1.165) is 29.4 Å². The van der Waals surface area contributed by atoms with Crippen LogP contribution in [-0.2, 0) is 0 Å². The third-order valence-electron chi connectivity index (χ3n) is 4.83. The van der Waals surface area contributed by atoms with Gasteiger partial charge in [-0.25, -0.2) is 4.98 Å². The number of nitrogens with zero attached hydrogens (tertiary/aromatic N) is 3. The highest BCUT2D eigenvalue weighted by Gasteiger charge is 2.31. The number of hydrogen-bond donors (Lipinski definition) is 2. The molecule has 1 aromatic heterocycles. The summed E-state index contributed by atoms with van der Waals surface area (Å²) in [4.78, 5) is 23.7. The third kappa shape index (κ3) is 3.49. The molecule has 3 heterocycles. The van der Waals surface area contributed by atoms with Crippen molar-refractivity contribution in [2.75, 3.05) is 44.5 Å². The summed E-state index contributed by atoms with van der Waals surface area (Å²) in [5, 5.41) is 6.46. The molecule has 2 aliphatic heterocycles. The summed E-state index contributed by atoms with van der Waals surface area (Å²) in [5.41, 5.74) is 2.26. The average molecular weight is 393 g/mol. The highest BCUT2D eigenvalue weighted by Crippen LogP contribution is 2.38. The van der Waals surface area contributed by atoms with Crippen LogP contribution in [0.1, 0.15) is 22.8 Å². The summed E-state index contributed by atoms with van der Waals surface area (Å²) in [5.74, 6) is 3.37. The van der Waals surface area contributed by atoms with Gasteiger partial charge in [0.1, 0.15) is 17.5 Å². The Kier molecular flexibility index (Phi) is 5.07. The van der Waals surface area contributed by atoms with Gasteiger partial charge in [-0.2, -0.15) is 0 Å². The molecule has 0 spiro atoms. The van der Waals surface area contributed by atoms with E-state index in [1.165, 1.54) is 0 Å².